The zero-order chi connectivity index (χ0) is 20.9. The summed E-state index contributed by atoms with van der Waals surface area (Å²) in [5.74, 6) is -1.04. The average Bonchev–Trinajstić information content (AvgIpc) is 2.54. The van der Waals surface area contributed by atoms with Gasteiger partial charge in [-0.2, -0.15) is 0 Å². The van der Waals surface area contributed by atoms with E-state index in [0.29, 0.717) is 5.56 Å². The molecule has 4 amide bonds. The van der Waals surface area contributed by atoms with E-state index >= 15 is 0 Å². The Morgan fingerprint density at radius 1 is 0.815 bits per heavy atom. The Kier molecular flexibility index (Phi) is 4.99. The molecule has 0 saturated carbocycles. The van der Waals surface area contributed by atoms with Gasteiger partial charge in [-0.15, -0.1) is 0 Å². The van der Waals surface area contributed by atoms with E-state index in [-0.39, 0.29) is 22.2 Å². The predicted molar refractivity (Wildman–Crippen MR) is 104 cm³/mol. The van der Waals surface area contributed by atoms with Gasteiger partial charge >= 0.3 is 6.03 Å². The molecule has 0 aromatic heterocycles. The van der Waals surface area contributed by atoms with Gasteiger partial charge in [0.05, 0.1) is 0 Å². The molecule has 1 aliphatic heterocycles. The fourth-order valence-corrected chi connectivity index (χ4v) is 3.03. The lowest BCUT2D eigenvalue weighted by molar-refractivity contribution is -0.134. The van der Waals surface area contributed by atoms with Crippen molar-refractivity contribution in [2.24, 2.45) is 0 Å². The predicted octanol–water partition coefficient (Wildman–Crippen LogP) is 3.42. The first kappa shape index (κ1) is 20.7. The number of benzene rings is 1. The van der Waals surface area contributed by atoms with Crippen molar-refractivity contribution in [1.82, 2.24) is 9.80 Å². The molecule has 0 spiro atoms. The minimum Gasteiger partial charge on any atom is -0.507 e. The summed E-state index contributed by atoms with van der Waals surface area (Å²) in [5.41, 5.74) is 1.36. The highest BCUT2D eigenvalue weighted by molar-refractivity contribution is 6.30. The molecular formula is C21H28N2O4. The molecule has 146 valence electrons. The summed E-state index contributed by atoms with van der Waals surface area (Å²) in [4.78, 5) is 38.7. The van der Waals surface area contributed by atoms with Crippen LogP contribution in [0, 0.1) is 0 Å². The van der Waals surface area contributed by atoms with E-state index in [0.717, 1.165) is 20.9 Å². The molecule has 0 unspecified atom stereocenters. The Labute approximate surface area is 160 Å². The number of phenolic OH excluding ortho intramolecular Hbond substituents is 1. The number of carbonyl (C=O) groups excluding carboxylic acids is 3. The van der Waals surface area contributed by atoms with Gasteiger partial charge < -0.3 is 5.11 Å². The number of likely N-dealkylation sites (N-methyl/N-ethyl adjacent to an activating group) is 2. The van der Waals surface area contributed by atoms with E-state index in [2.05, 4.69) is 0 Å². The van der Waals surface area contributed by atoms with Crippen molar-refractivity contribution in [3.63, 3.8) is 0 Å². The van der Waals surface area contributed by atoms with Gasteiger partial charge in [-0.3, -0.25) is 19.4 Å². The molecule has 6 nitrogen and oxygen atoms in total. The number of urea groups is 1. The first-order valence-electron chi connectivity index (χ1n) is 8.86. The van der Waals surface area contributed by atoms with Crippen LogP contribution in [0.2, 0.25) is 0 Å². The van der Waals surface area contributed by atoms with Crippen molar-refractivity contribution in [2.45, 2.75) is 52.4 Å². The molecule has 1 heterocycles. The maximum absolute atomic E-state index is 12.5. The van der Waals surface area contributed by atoms with Crippen molar-refractivity contribution in [3.8, 4) is 5.75 Å². The lowest BCUT2D eigenvalue weighted by atomic mass is 9.78. The fourth-order valence-electron chi connectivity index (χ4n) is 3.03. The minimum absolute atomic E-state index is 0.0787. The summed E-state index contributed by atoms with van der Waals surface area (Å²) in [6.07, 6.45) is 1.49. The maximum Gasteiger partial charge on any atom is 0.333 e. The van der Waals surface area contributed by atoms with E-state index in [1.807, 2.05) is 41.5 Å². The lowest BCUT2D eigenvalue weighted by Crippen LogP contribution is -2.52. The molecule has 27 heavy (non-hydrogen) atoms. The van der Waals surface area contributed by atoms with Gasteiger partial charge in [0.25, 0.3) is 11.8 Å². The summed E-state index contributed by atoms with van der Waals surface area (Å²) >= 11 is 0. The topological polar surface area (TPSA) is 77.9 Å². The van der Waals surface area contributed by atoms with Crippen LogP contribution < -0.4 is 0 Å². The van der Waals surface area contributed by atoms with Crippen LogP contribution in [0.25, 0.3) is 6.08 Å². The molecule has 0 bridgehead atoms. The first-order chi connectivity index (χ1) is 12.2. The van der Waals surface area contributed by atoms with Crippen molar-refractivity contribution in [1.29, 1.82) is 0 Å². The second-order valence-corrected chi connectivity index (χ2v) is 9.03. The molecule has 1 aromatic carbocycles. The van der Waals surface area contributed by atoms with Gasteiger partial charge in [-0.25, -0.2) is 4.79 Å². The first-order valence-corrected chi connectivity index (χ1v) is 8.86. The van der Waals surface area contributed by atoms with Crippen molar-refractivity contribution >= 4 is 23.9 Å². The van der Waals surface area contributed by atoms with Crippen LogP contribution in [0.1, 0.15) is 58.2 Å². The lowest BCUT2D eigenvalue weighted by Gasteiger charge is -2.30. The monoisotopic (exact) mass is 372 g/mol. The summed E-state index contributed by atoms with van der Waals surface area (Å²) < 4.78 is 0. The second-order valence-electron chi connectivity index (χ2n) is 9.03. The largest absolute Gasteiger partial charge is 0.507 e. The number of amides is 4. The molecule has 1 saturated heterocycles. The second kappa shape index (κ2) is 6.51. The Balaban J connectivity index is 2.72. The van der Waals surface area contributed by atoms with Crippen LogP contribution in [-0.2, 0) is 20.4 Å². The molecule has 2 rings (SSSR count). The normalized spacial score (nSPS) is 16.3. The molecule has 6 heteroatoms. The zero-order valence-electron chi connectivity index (χ0n) is 17.3. The van der Waals surface area contributed by atoms with E-state index < -0.39 is 17.8 Å². The van der Waals surface area contributed by atoms with Crippen LogP contribution in [0.3, 0.4) is 0 Å². The molecule has 0 aliphatic carbocycles. The maximum atomic E-state index is 12.5. The van der Waals surface area contributed by atoms with E-state index in [9.17, 15) is 19.5 Å². The highest BCUT2D eigenvalue weighted by atomic mass is 16.3. The highest BCUT2D eigenvalue weighted by Crippen LogP contribution is 2.40. The van der Waals surface area contributed by atoms with Crippen molar-refractivity contribution < 1.29 is 19.5 Å². The van der Waals surface area contributed by atoms with Crippen LogP contribution >= 0.6 is 0 Å². The third-order valence-corrected chi connectivity index (χ3v) is 4.70. The van der Waals surface area contributed by atoms with E-state index in [1.54, 1.807) is 12.1 Å². The number of nitrogens with zero attached hydrogens (tertiary/aromatic N) is 2. The molecule has 0 atom stereocenters. The number of aromatic hydroxyl groups is 1. The SMILES string of the molecule is CN1C(=O)C(=Cc2cc(C(C)(C)C)c(O)c(C(C)(C)C)c2)C(=O)N(C)C1=O. The van der Waals surface area contributed by atoms with Gasteiger partial charge in [-0.05, 0) is 34.6 Å². The van der Waals surface area contributed by atoms with Gasteiger partial charge in [0.1, 0.15) is 11.3 Å². The molecule has 0 radical (unpaired) electrons. The molecule has 1 aromatic rings. The molecule has 1 N–H and O–H groups in total. The molecule has 1 aliphatic rings. The summed E-state index contributed by atoms with van der Waals surface area (Å²) in [6, 6.07) is 2.92. The fraction of sp³-hybridized carbons (Fsp3) is 0.476. The van der Waals surface area contributed by atoms with Crippen LogP contribution in [-0.4, -0.2) is 46.8 Å². The number of carbonyl (C=O) groups is 3. The Morgan fingerprint density at radius 2 is 1.19 bits per heavy atom. The number of barbiturate groups is 1. The number of imide groups is 2. The Morgan fingerprint density at radius 3 is 1.52 bits per heavy atom. The molecule has 1 fully saturated rings. The van der Waals surface area contributed by atoms with Crippen LogP contribution in [0.5, 0.6) is 5.75 Å². The number of hydrogen-bond donors (Lipinski definition) is 1. The van der Waals surface area contributed by atoms with Gasteiger partial charge in [-0.1, -0.05) is 41.5 Å². The average molecular weight is 372 g/mol. The summed E-state index contributed by atoms with van der Waals surface area (Å²) in [7, 11) is 2.69. The van der Waals surface area contributed by atoms with Gasteiger partial charge in [0.2, 0.25) is 0 Å². The van der Waals surface area contributed by atoms with E-state index in [4.69, 9.17) is 0 Å². The number of rotatable bonds is 1. The number of hydrogen-bond acceptors (Lipinski definition) is 4. The Hall–Kier alpha value is -2.63. The number of phenols is 1. The van der Waals surface area contributed by atoms with E-state index in [1.165, 1.54) is 20.2 Å². The van der Waals surface area contributed by atoms with Gasteiger partial charge in [0, 0.05) is 25.2 Å². The van der Waals surface area contributed by atoms with Crippen molar-refractivity contribution in [2.75, 3.05) is 14.1 Å². The third-order valence-electron chi connectivity index (χ3n) is 4.70. The summed E-state index contributed by atoms with van der Waals surface area (Å²) in [6.45, 7) is 11.9. The van der Waals surface area contributed by atoms with Crippen LogP contribution in [0.15, 0.2) is 17.7 Å². The zero-order valence-corrected chi connectivity index (χ0v) is 17.3. The third kappa shape index (κ3) is 3.75. The summed E-state index contributed by atoms with van der Waals surface area (Å²) in [5, 5.41) is 10.8. The Bertz CT molecular complexity index is 793. The van der Waals surface area contributed by atoms with Gasteiger partial charge in [0.15, 0.2) is 0 Å². The minimum atomic E-state index is -0.654. The van der Waals surface area contributed by atoms with Crippen molar-refractivity contribution in [3.05, 3.63) is 34.4 Å². The quantitative estimate of drug-likeness (QED) is 0.605. The standard InChI is InChI=1S/C21H28N2O4/c1-20(2,3)14-10-12(11-15(16(14)24)21(4,5)6)9-13-17(25)22(7)19(27)23(8)18(13)26/h9-11,24H,1-8H3. The smallest absolute Gasteiger partial charge is 0.333 e. The molecular weight excluding hydrogens is 344 g/mol. The highest BCUT2D eigenvalue weighted by Gasteiger charge is 2.38. The van der Waals surface area contributed by atoms with Crippen LogP contribution in [0.4, 0.5) is 4.79 Å².